The van der Waals surface area contributed by atoms with E-state index in [1.807, 2.05) is 6.07 Å². The first kappa shape index (κ1) is 20.5. The number of carboxylic acid groups (broad SMARTS) is 1. The van der Waals surface area contributed by atoms with E-state index in [9.17, 15) is 19.5 Å². The van der Waals surface area contributed by atoms with Crippen molar-refractivity contribution in [2.75, 3.05) is 24.5 Å². The number of hydrogen-bond acceptors (Lipinski definition) is 5. The Morgan fingerprint density at radius 3 is 2.52 bits per heavy atom. The number of anilines is 1. The van der Waals surface area contributed by atoms with Crippen LogP contribution in [0.15, 0.2) is 58.5 Å². The van der Waals surface area contributed by atoms with Crippen LogP contribution < -0.4 is 10.2 Å². The van der Waals surface area contributed by atoms with Crippen molar-refractivity contribution in [3.63, 3.8) is 0 Å². The van der Waals surface area contributed by atoms with Gasteiger partial charge in [-0.3, -0.25) is 9.59 Å². The Morgan fingerprint density at radius 2 is 1.90 bits per heavy atom. The summed E-state index contributed by atoms with van der Waals surface area (Å²) >= 11 is 0. The number of nitrogens with zero attached hydrogens (tertiary/aromatic N) is 2. The Balaban J connectivity index is 1.63. The van der Waals surface area contributed by atoms with Gasteiger partial charge in [-0.2, -0.15) is 0 Å². The summed E-state index contributed by atoms with van der Waals surface area (Å²) in [5.74, 6) is -1.17. The van der Waals surface area contributed by atoms with Crippen LogP contribution in [0.5, 0.6) is 0 Å². The molecule has 162 valence electrons. The number of aliphatic hydroxyl groups is 1. The summed E-state index contributed by atoms with van der Waals surface area (Å²) in [6, 6.07) is 9.96. The number of carboxylic acids is 1. The molecule has 9 nitrogen and oxygen atoms in total. The van der Waals surface area contributed by atoms with Crippen molar-refractivity contribution < 1.29 is 29.0 Å². The van der Waals surface area contributed by atoms with Crippen molar-refractivity contribution in [3.05, 3.63) is 54.1 Å². The van der Waals surface area contributed by atoms with Crippen LogP contribution in [0.3, 0.4) is 0 Å². The van der Waals surface area contributed by atoms with Gasteiger partial charge in [-0.15, -0.1) is 0 Å². The Kier molecular flexibility index (Phi) is 5.66. The number of hydrogen-bond donors (Lipinski definition) is 3. The van der Waals surface area contributed by atoms with E-state index in [1.165, 1.54) is 4.90 Å². The molecule has 2 aliphatic rings. The van der Waals surface area contributed by atoms with E-state index >= 15 is 0 Å². The minimum Gasteiger partial charge on any atom is -0.494 e. The lowest BCUT2D eigenvalue weighted by Crippen LogP contribution is -2.51. The van der Waals surface area contributed by atoms with E-state index in [1.54, 1.807) is 36.6 Å². The molecule has 1 aliphatic heterocycles. The van der Waals surface area contributed by atoms with Gasteiger partial charge in [0.2, 0.25) is 5.88 Å². The second-order valence-electron chi connectivity index (χ2n) is 7.67. The molecule has 0 radical (unpaired) electrons. The molecule has 2 aromatic rings. The molecule has 1 fully saturated rings. The van der Waals surface area contributed by atoms with E-state index in [4.69, 9.17) is 9.52 Å². The topological polar surface area (TPSA) is 123 Å². The third-order valence-electron chi connectivity index (χ3n) is 5.40. The third kappa shape index (κ3) is 4.55. The lowest BCUT2D eigenvalue weighted by molar-refractivity contribution is -0.137. The normalized spacial score (nSPS) is 16.6. The van der Waals surface area contributed by atoms with Gasteiger partial charge < -0.3 is 24.8 Å². The van der Waals surface area contributed by atoms with Crippen molar-refractivity contribution in [1.82, 2.24) is 10.2 Å². The lowest BCUT2D eigenvalue weighted by Gasteiger charge is -2.35. The maximum absolute atomic E-state index is 13.1. The number of urea groups is 1. The lowest BCUT2D eigenvalue weighted by atomic mass is 10.1. The maximum Gasteiger partial charge on any atom is 0.331 e. The number of amides is 3. The van der Waals surface area contributed by atoms with Crippen molar-refractivity contribution in [2.24, 2.45) is 5.92 Å². The van der Waals surface area contributed by atoms with Gasteiger partial charge in [-0.1, -0.05) is 12.8 Å². The molecule has 3 amide bonds. The summed E-state index contributed by atoms with van der Waals surface area (Å²) in [5, 5.41) is 21.9. The monoisotopic (exact) mass is 425 g/mol. The highest BCUT2D eigenvalue weighted by atomic mass is 16.4. The van der Waals surface area contributed by atoms with Crippen molar-refractivity contribution in [1.29, 1.82) is 0 Å². The number of carbonyl (C=O) groups is 3. The molecule has 0 atom stereocenters. The highest BCUT2D eigenvalue weighted by Gasteiger charge is 2.37. The van der Waals surface area contributed by atoms with Crippen molar-refractivity contribution in [2.45, 2.75) is 19.3 Å². The van der Waals surface area contributed by atoms with Crippen LogP contribution in [0.25, 0.3) is 11.3 Å². The zero-order valence-electron chi connectivity index (χ0n) is 16.8. The number of rotatable bonds is 8. The number of nitrogens with one attached hydrogen (secondary N) is 1. The minimum atomic E-state index is -1.20. The molecule has 1 aromatic heterocycles. The van der Waals surface area contributed by atoms with E-state index in [-0.39, 0.29) is 12.1 Å². The third-order valence-corrected chi connectivity index (χ3v) is 5.40. The molecule has 1 aliphatic carbocycles. The van der Waals surface area contributed by atoms with Crippen LogP contribution in [0, 0.1) is 5.92 Å². The molecule has 0 bridgehead atoms. The number of carbonyl (C=O) groups excluding carboxylic acids is 2. The Morgan fingerprint density at radius 1 is 1.16 bits per heavy atom. The molecule has 1 aromatic carbocycles. The minimum absolute atomic E-state index is 0.0493. The Hall–Kier alpha value is -3.75. The van der Waals surface area contributed by atoms with Crippen LogP contribution >= 0.6 is 0 Å². The zero-order valence-corrected chi connectivity index (χ0v) is 16.8. The number of benzene rings is 1. The average molecular weight is 425 g/mol. The second-order valence-corrected chi connectivity index (χ2v) is 7.67. The average Bonchev–Trinajstić information content (AvgIpc) is 3.42. The molecule has 2 heterocycles. The first-order valence-electron chi connectivity index (χ1n) is 10.1. The maximum atomic E-state index is 13.1. The zero-order chi connectivity index (χ0) is 22.0. The predicted octanol–water partition coefficient (Wildman–Crippen LogP) is 2.96. The van der Waals surface area contributed by atoms with Gasteiger partial charge in [-0.05, 0) is 48.7 Å². The SMILES string of the molecule is O=C(O)CNC(=O)C1=C(O)N(c2ccc(-c3ccco3)cc2)C(=O)N(CCC2CC2)C1. The Bertz CT molecular complexity index is 1010. The Labute approximate surface area is 178 Å². The molecule has 0 saturated heterocycles. The fraction of sp³-hybridized carbons (Fsp3) is 0.318. The van der Waals surface area contributed by atoms with E-state index in [2.05, 4.69) is 5.32 Å². The summed E-state index contributed by atoms with van der Waals surface area (Å²) < 4.78 is 5.37. The quantitative estimate of drug-likeness (QED) is 0.598. The highest BCUT2D eigenvalue weighted by molar-refractivity contribution is 6.03. The summed E-state index contributed by atoms with van der Waals surface area (Å²) in [6.45, 7) is -0.208. The van der Waals surface area contributed by atoms with E-state index in [0.717, 1.165) is 29.7 Å². The highest BCUT2D eigenvalue weighted by Crippen LogP contribution is 2.34. The summed E-state index contributed by atoms with van der Waals surface area (Å²) in [6.07, 6.45) is 4.65. The molecule has 31 heavy (non-hydrogen) atoms. The first-order chi connectivity index (χ1) is 14.9. The van der Waals surface area contributed by atoms with Crippen LogP contribution in [-0.2, 0) is 9.59 Å². The molecular formula is C22H23N3O6. The van der Waals surface area contributed by atoms with Gasteiger partial charge in [0, 0.05) is 12.1 Å². The summed E-state index contributed by atoms with van der Waals surface area (Å²) in [7, 11) is 0. The molecule has 1 saturated carbocycles. The van der Waals surface area contributed by atoms with Gasteiger partial charge >= 0.3 is 12.0 Å². The first-order valence-corrected chi connectivity index (χ1v) is 10.1. The molecule has 4 rings (SSSR count). The van der Waals surface area contributed by atoms with Crippen molar-refractivity contribution in [3.8, 4) is 11.3 Å². The smallest absolute Gasteiger partial charge is 0.331 e. The van der Waals surface area contributed by atoms with Crippen LogP contribution in [0.2, 0.25) is 0 Å². The number of furan rings is 1. The fourth-order valence-electron chi connectivity index (χ4n) is 3.50. The summed E-state index contributed by atoms with van der Waals surface area (Å²) in [4.78, 5) is 39.1. The molecule has 3 N–H and O–H groups in total. The van der Waals surface area contributed by atoms with Crippen LogP contribution in [-0.4, -0.2) is 52.7 Å². The van der Waals surface area contributed by atoms with Crippen LogP contribution in [0.1, 0.15) is 19.3 Å². The van der Waals surface area contributed by atoms with Gasteiger partial charge in [0.25, 0.3) is 5.91 Å². The molecular weight excluding hydrogens is 402 g/mol. The molecule has 0 spiro atoms. The van der Waals surface area contributed by atoms with Gasteiger partial charge in [0.05, 0.1) is 24.1 Å². The second kappa shape index (κ2) is 8.55. The standard InChI is InChI=1S/C22H23N3O6/c26-19(27)12-23-20(28)17-13-24(10-9-14-3-4-14)22(30)25(21(17)29)16-7-5-15(6-8-16)18-2-1-11-31-18/h1-2,5-8,11,14,29H,3-4,9-10,12-13H2,(H,23,28)(H,26,27). The fourth-order valence-corrected chi connectivity index (χ4v) is 3.50. The van der Waals surface area contributed by atoms with E-state index < -0.39 is 30.3 Å². The number of aliphatic hydroxyl groups excluding tert-OH is 1. The largest absolute Gasteiger partial charge is 0.494 e. The van der Waals surface area contributed by atoms with Crippen LogP contribution in [0.4, 0.5) is 10.5 Å². The number of aliphatic carboxylic acids is 1. The van der Waals surface area contributed by atoms with Gasteiger partial charge in [0.15, 0.2) is 0 Å². The van der Waals surface area contributed by atoms with E-state index in [0.29, 0.717) is 23.9 Å². The van der Waals surface area contributed by atoms with Gasteiger partial charge in [-0.25, -0.2) is 9.69 Å². The van der Waals surface area contributed by atoms with Gasteiger partial charge in [0.1, 0.15) is 12.3 Å². The molecule has 0 unspecified atom stereocenters. The predicted molar refractivity (Wildman–Crippen MR) is 111 cm³/mol. The molecule has 9 heteroatoms. The summed E-state index contributed by atoms with van der Waals surface area (Å²) in [5.41, 5.74) is 1.14. The van der Waals surface area contributed by atoms with Crippen molar-refractivity contribution >= 4 is 23.6 Å².